The Morgan fingerprint density at radius 3 is 1.30 bits per heavy atom. The van der Waals surface area contributed by atoms with Gasteiger partial charge in [0, 0.05) is 13.1 Å². The van der Waals surface area contributed by atoms with Gasteiger partial charge in [-0.25, -0.2) is 0 Å². The third kappa shape index (κ3) is 15.8. The summed E-state index contributed by atoms with van der Waals surface area (Å²) in [5, 5.41) is 6.44. The maximum Gasteiger partial charge on any atom is 0.00766 e. The van der Waals surface area contributed by atoms with Crippen LogP contribution in [0.3, 0.4) is 0 Å². The predicted octanol–water partition coefficient (Wildman–Crippen LogP) is 1.05. The Bertz CT molecular complexity index is 38.7. The lowest BCUT2D eigenvalue weighted by molar-refractivity contribution is 0.641. The van der Waals surface area contributed by atoms with Crippen LogP contribution < -0.4 is 10.6 Å². The Morgan fingerprint density at radius 2 is 1.10 bits per heavy atom. The normalized spacial score (nSPS) is 7.80. The molecule has 0 aromatic heterocycles. The summed E-state index contributed by atoms with van der Waals surface area (Å²) >= 11 is 0. The summed E-state index contributed by atoms with van der Waals surface area (Å²) < 4.78 is 0. The van der Waals surface area contributed by atoms with E-state index in [9.17, 15) is 0 Å². The number of hydrogen-bond acceptors (Lipinski definition) is 2. The summed E-state index contributed by atoms with van der Waals surface area (Å²) in [6.07, 6.45) is 0. The van der Waals surface area contributed by atoms with Gasteiger partial charge in [-0.3, -0.25) is 0 Å². The van der Waals surface area contributed by atoms with Gasteiger partial charge in [0.15, 0.2) is 0 Å². The van der Waals surface area contributed by atoms with E-state index in [0.29, 0.717) is 0 Å². The molecule has 66 valence electrons. The first-order chi connectivity index (χ1) is 3.91. The van der Waals surface area contributed by atoms with Crippen LogP contribution in [-0.2, 0) is 0 Å². The predicted molar refractivity (Wildman–Crippen MR) is 51.6 cm³/mol. The Hall–Kier alpha value is 0.500. The molecule has 0 amide bonds. The second-order valence-corrected chi connectivity index (χ2v) is 1.71. The van der Waals surface area contributed by atoms with E-state index in [0.717, 1.165) is 26.2 Å². The van der Waals surface area contributed by atoms with E-state index in [2.05, 4.69) is 24.5 Å². The molecule has 4 heteroatoms. The van der Waals surface area contributed by atoms with Crippen molar-refractivity contribution < 1.29 is 0 Å². The van der Waals surface area contributed by atoms with Gasteiger partial charge in [0.1, 0.15) is 0 Å². The molecule has 0 heterocycles. The van der Waals surface area contributed by atoms with Crippen LogP contribution in [0.25, 0.3) is 0 Å². The zero-order chi connectivity index (χ0) is 6.24. The van der Waals surface area contributed by atoms with E-state index in [4.69, 9.17) is 0 Å². The fourth-order valence-electron chi connectivity index (χ4n) is 0.530. The summed E-state index contributed by atoms with van der Waals surface area (Å²) in [6.45, 7) is 8.56. The Morgan fingerprint density at radius 1 is 0.800 bits per heavy atom. The van der Waals surface area contributed by atoms with Crippen molar-refractivity contribution >= 4 is 24.8 Å². The molecule has 0 aromatic rings. The van der Waals surface area contributed by atoms with Crippen LogP contribution in [0, 0.1) is 0 Å². The molecule has 0 bridgehead atoms. The van der Waals surface area contributed by atoms with E-state index in [-0.39, 0.29) is 24.8 Å². The van der Waals surface area contributed by atoms with Crippen molar-refractivity contribution in [3.63, 3.8) is 0 Å². The average Bonchev–Trinajstić information content (AvgIpc) is 1.81. The zero-order valence-electron chi connectivity index (χ0n) is 6.64. The Kier molecular flexibility index (Phi) is 27.4. The molecule has 10 heavy (non-hydrogen) atoms. The maximum atomic E-state index is 3.22. The third-order valence-corrected chi connectivity index (χ3v) is 0.979. The molecule has 0 saturated heterocycles. The first kappa shape index (κ1) is 16.8. The number of hydrogen-bond donors (Lipinski definition) is 2. The smallest absolute Gasteiger partial charge is 0.00766 e. The van der Waals surface area contributed by atoms with Gasteiger partial charge in [-0.2, -0.15) is 0 Å². The highest BCUT2D eigenvalue weighted by Gasteiger charge is 1.79. The minimum atomic E-state index is 0. The minimum absolute atomic E-state index is 0. The van der Waals surface area contributed by atoms with Gasteiger partial charge in [-0.05, 0) is 13.1 Å². The van der Waals surface area contributed by atoms with Crippen molar-refractivity contribution in [2.24, 2.45) is 0 Å². The lowest BCUT2D eigenvalue weighted by atomic mass is 10.6. The molecule has 0 unspecified atom stereocenters. The average molecular weight is 189 g/mol. The molecule has 0 aliphatic rings. The van der Waals surface area contributed by atoms with Gasteiger partial charge in [0.05, 0.1) is 0 Å². The Balaban J connectivity index is -0.000000245. The molecular formula is C6H18Cl2N2. The minimum Gasteiger partial charge on any atom is -0.316 e. The molecule has 0 fully saturated rings. The number of halogens is 2. The highest BCUT2D eigenvalue weighted by atomic mass is 35.5. The first-order valence-electron chi connectivity index (χ1n) is 3.33. The SMILES string of the molecule is CCNCCNCC.Cl.Cl. The van der Waals surface area contributed by atoms with Crippen LogP contribution in [-0.4, -0.2) is 26.2 Å². The highest BCUT2D eigenvalue weighted by molar-refractivity contribution is 5.85. The van der Waals surface area contributed by atoms with E-state index in [1.54, 1.807) is 0 Å². The van der Waals surface area contributed by atoms with Crippen molar-refractivity contribution in [2.45, 2.75) is 13.8 Å². The third-order valence-electron chi connectivity index (χ3n) is 0.979. The van der Waals surface area contributed by atoms with Crippen molar-refractivity contribution in [1.82, 2.24) is 10.6 Å². The fourth-order valence-corrected chi connectivity index (χ4v) is 0.530. The molecule has 0 radical (unpaired) electrons. The van der Waals surface area contributed by atoms with Crippen LogP contribution in [0.2, 0.25) is 0 Å². The summed E-state index contributed by atoms with van der Waals surface area (Å²) in [5.74, 6) is 0. The summed E-state index contributed by atoms with van der Waals surface area (Å²) in [4.78, 5) is 0. The molecule has 0 saturated carbocycles. The topological polar surface area (TPSA) is 24.1 Å². The van der Waals surface area contributed by atoms with Crippen molar-refractivity contribution in [3.05, 3.63) is 0 Å². The molecule has 0 aliphatic carbocycles. The molecule has 0 rings (SSSR count). The number of rotatable bonds is 5. The summed E-state index contributed by atoms with van der Waals surface area (Å²) in [7, 11) is 0. The number of nitrogens with one attached hydrogen (secondary N) is 2. The molecule has 2 nitrogen and oxygen atoms in total. The lowest BCUT2D eigenvalue weighted by Crippen LogP contribution is -2.26. The quantitative estimate of drug-likeness (QED) is 0.631. The zero-order valence-corrected chi connectivity index (χ0v) is 8.28. The largest absolute Gasteiger partial charge is 0.316 e. The van der Waals surface area contributed by atoms with Crippen LogP contribution in [0.4, 0.5) is 0 Å². The van der Waals surface area contributed by atoms with E-state index >= 15 is 0 Å². The van der Waals surface area contributed by atoms with Crippen LogP contribution in [0.1, 0.15) is 13.8 Å². The fraction of sp³-hybridized carbons (Fsp3) is 1.00. The van der Waals surface area contributed by atoms with Crippen molar-refractivity contribution in [1.29, 1.82) is 0 Å². The number of likely N-dealkylation sites (N-methyl/N-ethyl adjacent to an activating group) is 2. The Labute approximate surface area is 76.0 Å². The monoisotopic (exact) mass is 188 g/mol. The van der Waals surface area contributed by atoms with Gasteiger partial charge < -0.3 is 10.6 Å². The summed E-state index contributed by atoms with van der Waals surface area (Å²) in [6, 6.07) is 0. The molecule has 0 atom stereocenters. The van der Waals surface area contributed by atoms with E-state index in [1.807, 2.05) is 0 Å². The van der Waals surface area contributed by atoms with Gasteiger partial charge in [0.2, 0.25) is 0 Å². The summed E-state index contributed by atoms with van der Waals surface area (Å²) in [5.41, 5.74) is 0. The lowest BCUT2D eigenvalue weighted by Gasteiger charge is -1.99. The molecule has 0 aliphatic heterocycles. The van der Waals surface area contributed by atoms with Crippen LogP contribution in [0.5, 0.6) is 0 Å². The van der Waals surface area contributed by atoms with Gasteiger partial charge in [-0.15, -0.1) is 24.8 Å². The molecule has 0 aromatic carbocycles. The van der Waals surface area contributed by atoms with Crippen LogP contribution in [0.15, 0.2) is 0 Å². The van der Waals surface area contributed by atoms with Gasteiger partial charge >= 0.3 is 0 Å². The van der Waals surface area contributed by atoms with Crippen LogP contribution >= 0.6 is 24.8 Å². The van der Waals surface area contributed by atoms with Gasteiger partial charge in [0.25, 0.3) is 0 Å². The van der Waals surface area contributed by atoms with E-state index in [1.165, 1.54) is 0 Å². The maximum absolute atomic E-state index is 3.22. The van der Waals surface area contributed by atoms with Gasteiger partial charge in [-0.1, -0.05) is 13.8 Å². The molecule has 2 N–H and O–H groups in total. The van der Waals surface area contributed by atoms with Crippen molar-refractivity contribution in [3.8, 4) is 0 Å². The molecule has 0 spiro atoms. The first-order valence-corrected chi connectivity index (χ1v) is 3.33. The second kappa shape index (κ2) is 16.2. The highest BCUT2D eigenvalue weighted by Crippen LogP contribution is 1.56. The van der Waals surface area contributed by atoms with Crippen molar-refractivity contribution in [2.75, 3.05) is 26.2 Å². The second-order valence-electron chi connectivity index (χ2n) is 1.71. The molecular weight excluding hydrogens is 171 g/mol. The standard InChI is InChI=1S/C6H16N2.2ClH/c1-3-7-5-6-8-4-2;;/h7-8H,3-6H2,1-2H3;2*1H. The van der Waals surface area contributed by atoms with E-state index < -0.39 is 0 Å².